The van der Waals surface area contributed by atoms with E-state index in [2.05, 4.69) is 0 Å². The molecule has 0 spiro atoms. The second-order valence-corrected chi connectivity index (χ2v) is 0. The van der Waals surface area contributed by atoms with Crippen LogP contribution in [0.5, 0.6) is 0 Å². The van der Waals surface area contributed by atoms with E-state index in [1.165, 1.54) is 0 Å². The van der Waals surface area contributed by atoms with Crippen LogP contribution in [0.1, 0.15) is 0 Å². The van der Waals surface area contributed by atoms with Gasteiger partial charge in [0, 0.05) is 0 Å². The summed E-state index contributed by atoms with van der Waals surface area (Å²) in [5, 5.41) is 0. The van der Waals surface area contributed by atoms with Crippen molar-refractivity contribution in [3.8, 4) is 0 Å². The molecule has 0 bridgehead atoms. The van der Waals surface area contributed by atoms with Crippen LogP contribution in [0.3, 0.4) is 0 Å². The summed E-state index contributed by atoms with van der Waals surface area (Å²) in [4.78, 5) is 0. The molecule has 8 heteroatoms. The van der Waals surface area contributed by atoms with Crippen molar-refractivity contribution >= 4 is 0 Å². The molecular weight excluding hydrogens is 243 g/mol. The van der Waals surface area contributed by atoms with Gasteiger partial charge in [-0.2, -0.15) is 0 Å². The van der Waals surface area contributed by atoms with Gasteiger partial charge < -0.3 is 23.5 Å². The maximum absolute atomic E-state index is 8.30. The Morgan fingerprint density at radius 1 is 0.625 bits per heavy atom. The molecule has 0 aromatic heterocycles. The van der Waals surface area contributed by atoms with Gasteiger partial charge in [-0.1, -0.05) is 0 Å². The molecule has 8 heavy (non-hydrogen) atoms. The number of rotatable bonds is 0. The summed E-state index contributed by atoms with van der Waals surface area (Å²) in [5.41, 5.74) is 0. The van der Waals surface area contributed by atoms with Gasteiger partial charge in [0.05, 0.1) is 0 Å². The molecule has 0 amide bonds. The van der Waals surface area contributed by atoms with E-state index in [4.69, 9.17) is 3.25 Å². The first kappa shape index (κ1) is 95.8. The van der Waals surface area contributed by atoms with Crippen molar-refractivity contribution in [1.82, 2.24) is 0 Å². The summed E-state index contributed by atoms with van der Waals surface area (Å²) in [6, 6.07) is 0. The fraction of sp³-hybridized carbons (Fsp3) is 0. The molecule has 0 saturated heterocycles. The molecule has 0 aliphatic rings. The monoisotopic (exact) mass is 243 g/mol. The van der Waals surface area contributed by atoms with Gasteiger partial charge in [-0.05, 0) is 0 Å². The molecule has 0 radical (unpaired) electrons. The summed E-state index contributed by atoms with van der Waals surface area (Å²) in [6.45, 7) is 0. The molecule has 0 aliphatic heterocycles. The number of hydrogen-bond acceptors (Lipinski definition) is 1. The Labute approximate surface area is 97.5 Å². The third-order valence-corrected chi connectivity index (χ3v) is 0. The average Bonchev–Trinajstić information content (AvgIpc) is 1.00. The normalized spacial score (nSPS) is 0.375. The zero-order valence-corrected chi connectivity index (χ0v) is 9.07. The van der Waals surface area contributed by atoms with E-state index in [9.17, 15) is 0 Å². The summed E-state index contributed by atoms with van der Waals surface area (Å²) in [7, 11) is 0. The summed E-state index contributed by atoms with van der Waals surface area (Å²) >= 11 is 0.500. The Kier molecular flexibility index (Phi) is 1940. The molecule has 51 valence electrons. The maximum atomic E-state index is 8.30. The first-order valence-corrected chi connectivity index (χ1v) is 1.08. The van der Waals surface area contributed by atoms with Gasteiger partial charge in [0.2, 0.25) is 0 Å². The van der Waals surface area contributed by atoms with Crippen LogP contribution in [0, 0.1) is 0 Å². The van der Waals surface area contributed by atoms with Gasteiger partial charge in [-0.3, -0.25) is 0 Å². The summed E-state index contributed by atoms with van der Waals surface area (Å²) in [6.07, 6.45) is 0. The first-order valence-electron chi connectivity index (χ1n) is 0.183. The van der Waals surface area contributed by atoms with Gasteiger partial charge in [-0.25, -0.2) is 0 Å². The molecule has 0 atom stereocenters. The van der Waals surface area contributed by atoms with E-state index in [0.29, 0.717) is 21.0 Å². The third kappa shape index (κ3) is 109. The van der Waals surface area contributed by atoms with Gasteiger partial charge in [0.1, 0.15) is 0 Å². The van der Waals surface area contributed by atoms with Gasteiger partial charge in [-0.15, -0.1) is 0 Å². The van der Waals surface area contributed by atoms with Crippen LogP contribution in [-0.2, 0) is 24.3 Å². The Morgan fingerprint density at radius 3 is 0.625 bits per heavy atom. The van der Waals surface area contributed by atoms with Crippen molar-refractivity contribution in [2.75, 3.05) is 0 Å². The molecule has 0 N–H and O–H groups in total. The average molecular weight is 243 g/mol. The molecule has 0 aliphatic carbocycles. The SMILES string of the molecule is [F-].[F-].[F-].[F-].[F-].[K+].[O]=[Nb]. The van der Waals surface area contributed by atoms with Crippen LogP contribution in [0.15, 0.2) is 0 Å². The van der Waals surface area contributed by atoms with Crippen molar-refractivity contribution in [3.63, 3.8) is 0 Å². The topological polar surface area (TPSA) is 17.1 Å². The van der Waals surface area contributed by atoms with Gasteiger partial charge >= 0.3 is 75.7 Å². The van der Waals surface area contributed by atoms with Crippen molar-refractivity contribution in [3.05, 3.63) is 0 Å². The van der Waals surface area contributed by atoms with Crippen molar-refractivity contribution < 1.29 is 99.2 Å². The van der Waals surface area contributed by atoms with Crippen molar-refractivity contribution in [2.24, 2.45) is 0 Å². The summed E-state index contributed by atoms with van der Waals surface area (Å²) < 4.78 is 8.30. The third-order valence-electron chi connectivity index (χ3n) is 0. The van der Waals surface area contributed by atoms with E-state index in [0.717, 1.165) is 0 Å². The predicted molar refractivity (Wildman–Crippen MR) is 0.686 cm³/mol. The molecule has 0 fully saturated rings. The number of halogens is 5. The van der Waals surface area contributed by atoms with Crippen LogP contribution in [0.4, 0.5) is 0 Å². The quantitative estimate of drug-likeness (QED) is 0.305. The van der Waals surface area contributed by atoms with Crippen LogP contribution >= 0.6 is 0 Å². The molecule has 1 nitrogen and oxygen atoms in total. The first-order chi connectivity index (χ1) is 1.00. The zero-order chi connectivity index (χ0) is 2.00. The van der Waals surface area contributed by atoms with E-state index in [1.54, 1.807) is 0 Å². The van der Waals surface area contributed by atoms with Crippen LogP contribution in [-0.4, -0.2) is 0 Å². The Hall–Kier alpha value is 1.83. The van der Waals surface area contributed by atoms with Gasteiger partial charge in [0.25, 0.3) is 0 Å². The fourth-order valence-corrected chi connectivity index (χ4v) is 0. The van der Waals surface area contributed by atoms with E-state index >= 15 is 0 Å². The minimum atomic E-state index is 0. The molecule has 0 unspecified atom stereocenters. The predicted octanol–water partition coefficient (Wildman–Crippen LogP) is -18.1. The Morgan fingerprint density at radius 2 is 0.625 bits per heavy atom. The molecule has 0 aromatic rings. The molecular formula is F5KNbO-4. The second kappa shape index (κ2) is 162. The van der Waals surface area contributed by atoms with Crippen LogP contribution < -0.4 is 74.9 Å². The molecule has 0 saturated carbocycles. The molecule has 0 heterocycles. The fourth-order valence-electron chi connectivity index (χ4n) is 0. The molecule has 0 aromatic carbocycles. The van der Waals surface area contributed by atoms with Crippen LogP contribution in [0.2, 0.25) is 0 Å². The standard InChI is InChI=1S/5FH.K.Nb.O/h5*1H;;;/q;;;;;+1;;/p-5. The van der Waals surface area contributed by atoms with E-state index < -0.39 is 0 Å². The van der Waals surface area contributed by atoms with Gasteiger partial charge in [0.15, 0.2) is 0 Å². The minimum absolute atomic E-state index is 0. The Balaban J connectivity index is -0.000000000333. The summed E-state index contributed by atoms with van der Waals surface area (Å²) in [5.74, 6) is 0. The Bertz CT molecular complexity index is 12.4. The number of hydrogen-bond donors (Lipinski definition) is 0. The zero-order valence-electron chi connectivity index (χ0n) is 3.75. The molecule has 0 rings (SSSR count). The van der Waals surface area contributed by atoms with E-state index in [-0.39, 0.29) is 74.9 Å². The van der Waals surface area contributed by atoms with Crippen molar-refractivity contribution in [1.29, 1.82) is 0 Å². The van der Waals surface area contributed by atoms with Crippen molar-refractivity contribution in [2.45, 2.75) is 0 Å². The second-order valence-electron chi connectivity index (χ2n) is 0. The van der Waals surface area contributed by atoms with E-state index in [1.807, 2.05) is 0 Å². The van der Waals surface area contributed by atoms with Crippen LogP contribution in [0.25, 0.3) is 0 Å².